The Kier molecular flexibility index (Phi) is 3.91. The van der Waals surface area contributed by atoms with E-state index in [9.17, 15) is 9.90 Å². The molecule has 1 heterocycles. The van der Waals surface area contributed by atoms with Gasteiger partial charge in [-0.2, -0.15) is 0 Å². The van der Waals surface area contributed by atoms with Crippen molar-refractivity contribution in [2.45, 2.75) is 13.2 Å². The van der Waals surface area contributed by atoms with Crippen LogP contribution in [-0.4, -0.2) is 17.9 Å². The van der Waals surface area contributed by atoms with Gasteiger partial charge in [-0.05, 0) is 37.2 Å². The summed E-state index contributed by atoms with van der Waals surface area (Å²) in [6.45, 7) is 1.57. The van der Waals surface area contributed by atoms with Crippen LogP contribution in [0.25, 0.3) is 10.4 Å². The summed E-state index contributed by atoms with van der Waals surface area (Å²) in [6, 6.07) is 11.5. The molecule has 0 bridgehead atoms. The van der Waals surface area contributed by atoms with Crippen LogP contribution in [0.15, 0.2) is 36.4 Å². The lowest BCUT2D eigenvalue weighted by molar-refractivity contribution is 0.102. The Morgan fingerprint density at radius 2 is 1.89 bits per heavy atom. The van der Waals surface area contributed by atoms with Crippen molar-refractivity contribution in [3.63, 3.8) is 0 Å². The molecule has 1 aromatic heterocycles. The first-order chi connectivity index (χ1) is 8.61. The predicted octanol–water partition coefficient (Wildman–Crippen LogP) is 2.83. The minimum Gasteiger partial charge on any atom is -0.374 e. The van der Waals surface area contributed by atoms with E-state index in [1.807, 2.05) is 36.4 Å². The maximum atomic E-state index is 11.2. The van der Waals surface area contributed by atoms with Crippen molar-refractivity contribution in [3.05, 3.63) is 46.8 Å². The highest BCUT2D eigenvalue weighted by Crippen LogP contribution is 2.29. The highest BCUT2D eigenvalue weighted by atomic mass is 32.1. The fraction of sp³-hybridized carbons (Fsp3) is 0.214. The lowest BCUT2D eigenvalue weighted by atomic mass is 10.1. The average Bonchev–Trinajstić information content (AvgIpc) is 2.88. The molecule has 2 N–H and O–H groups in total. The van der Waals surface area contributed by atoms with Gasteiger partial charge < -0.3 is 5.11 Å². The zero-order valence-electron chi connectivity index (χ0n) is 10.3. The van der Waals surface area contributed by atoms with Crippen molar-refractivity contribution in [2.75, 3.05) is 7.05 Å². The van der Waals surface area contributed by atoms with E-state index in [-0.39, 0.29) is 5.78 Å². The molecular weight excluding hydrogens is 246 g/mol. The Bertz CT molecular complexity index is 545. The van der Waals surface area contributed by atoms with Crippen molar-refractivity contribution in [1.29, 1.82) is 0 Å². The van der Waals surface area contributed by atoms with Crippen molar-refractivity contribution in [1.82, 2.24) is 5.32 Å². The number of benzene rings is 1. The molecule has 0 aliphatic rings. The van der Waals surface area contributed by atoms with Gasteiger partial charge in [-0.15, -0.1) is 11.3 Å². The van der Waals surface area contributed by atoms with Gasteiger partial charge in [0, 0.05) is 4.88 Å². The number of aliphatic hydroxyl groups is 1. The number of carbonyl (C=O) groups is 1. The summed E-state index contributed by atoms with van der Waals surface area (Å²) < 4.78 is 0. The second kappa shape index (κ2) is 5.44. The molecule has 18 heavy (non-hydrogen) atoms. The number of Topliss-reactive ketones (excluding diaryl/α,β-unsaturated/α-hetero) is 1. The molecule has 0 saturated carbocycles. The zero-order chi connectivity index (χ0) is 13.1. The van der Waals surface area contributed by atoms with Crippen molar-refractivity contribution >= 4 is 17.1 Å². The van der Waals surface area contributed by atoms with E-state index in [0.717, 1.165) is 20.9 Å². The van der Waals surface area contributed by atoms with Crippen LogP contribution in [0.2, 0.25) is 0 Å². The molecule has 94 valence electrons. The van der Waals surface area contributed by atoms with Crippen molar-refractivity contribution in [3.8, 4) is 10.4 Å². The number of nitrogens with one attached hydrogen (secondary N) is 1. The van der Waals surface area contributed by atoms with E-state index >= 15 is 0 Å². The normalized spacial score (nSPS) is 12.4. The van der Waals surface area contributed by atoms with Crippen LogP contribution < -0.4 is 5.32 Å². The molecule has 2 rings (SSSR count). The molecule has 0 aliphatic carbocycles. The number of ketones is 1. The molecule has 0 aliphatic heterocycles. The smallest absolute Gasteiger partial charge is 0.169 e. The number of rotatable bonds is 4. The fourth-order valence-electron chi connectivity index (χ4n) is 1.68. The SMILES string of the molecule is CNC(O)c1ccc(-c2ccc(C(C)=O)s2)cc1. The van der Waals surface area contributed by atoms with E-state index in [1.54, 1.807) is 14.0 Å². The maximum absolute atomic E-state index is 11.2. The summed E-state index contributed by atoms with van der Waals surface area (Å²) in [5.74, 6) is 0.0912. The van der Waals surface area contributed by atoms with Crippen molar-refractivity contribution < 1.29 is 9.90 Å². The van der Waals surface area contributed by atoms with Gasteiger partial charge in [0.15, 0.2) is 5.78 Å². The lowest BCUT2D eigenvalue weighted by Gasteiger charge is -2.09. The molecule has 4 heteroatoms. The Balaban J connectivity index is 2.25. The van der Waals surface area contributed by atoms with Crippen LogP contribution in [0.3, 0.4) is 0 Å². The first-order valence-electron chi connectivity index (χ1n) is 5.68. The molecule has 0 saturated heterocycles. The standard InChI is InChI=1S/C14H15NO2S/c1-9(16)12-7-8-13(18-12)10-3-5-11(6-4-10)14(17)15-2/h3-8,14-15,17H,1-2H3. The van der Waals surface area contributed by atoms with E-state index in [2.05, 4.69) is 5.32 Å². The number of carbonyl (C=O) groups excluding carboxylic acids is 1. The third-order valence-corrected chi connectivity index (χ3v) is 3.97. The topological polar surface area (TPSA) is 49.3 Å². The first kappa shape index (κ1) is 13.0. The van der Waals surface area contributed by atoms with Gasteiger partial charge in [0.1, 0.15) is 6.23 Å². The van der Waals surface area contributed by atoms with Crippen LogP contribution in [0.5, 0.6) is 0 Å². The Hall–Kier alpha value is -1.49. The van der Waals surface area contributed by atoms with Gasteiger partial charge in [-0.25, -0.2) is 0 Å². The van der Waals surface area contributed by atoms with E-state index < -0.39 is 6.23 Å². The quantitative estimate of drug-likeness (QED) is 0.657. The second-order valence-corrected chi connectivity index (χ2v) is 5.12. The van der Waals surface area contributed by atoms with Gasteiger partial charge in [0.2, 0.25) is 0 Å². The zero-order valence-corrected chi connectivity index (χ0v) is 11.1. The largest absolute Gasteiger partial charge is 0.374 e. The molecule has 1 unspecified atom stereocenters. The third-order valence-electron chi connectivity index (χ3n) is 2.74. The fourth-order valence-corrected chi connectivity index (χ4v) is 2.59. The van der Waals surface area contributed by atoms with Gasteiger partial charge in [0.25, 0.3) is 0 Å². The molecule has 0 amide bonds. The molecule has 1 atom stereocenters. The lowest BCUT2D eigenvalue weighted by Crippen LogP contribution is -2.14. The first-order valence-corrected chi connectivity index (χ1v) is 6.50. The van der Waals surface area contributed by atoms with E-state index in [0.29, 0.717) is 0 Å². The maximum Gasteiger partial charge on any atom is 0.169 e. The summed E-state index contributed by atoms with van der Waals surface area (Å²) in [5.41, 5.74) is 1.88. The van der Waals surface area contributed by atoms with Gasteiger partial charge in [-0.1, -0.05) is 24.3 Å². The molecule has 2 aromatic rings. The Morgan fingerprint density at radius 1 is 1.22 bits per heavy atom. The highest BCUT2D eigenvalue weighted by Gasteiger charge is 2.08. The van der Waals surface area contributed by atoms with Gasteiger partial charge >= 0.3 is 0 Å². The van der Waals surface area contributed by atoms with Gasteiger partial charge in [-0.3, -0.25) is 10.1 Å². The number of hydrogen-bond acceptors (Lipinski definition) is 4. The van der Waals surface area contributed by atoms with Crippen LogP contribution >= 0.6 is 11.3 Å². The third kappa shape index (κ3) is 2.67. The number of aliphatic hydroxyl groups excluding tert-OH is 1. The van der Waals surface area contributed by atoms with Gasteiger partial charge in [0.05, 0.1) is 4.88 Å². The summed E-state index contributed by atoms with van der Waals surface area (Å²) >= 11 is 1.49. The van der Waals surface area contributed by atoms with Crippen LogP contribution in [0.4, 0.5) is 0 Å². The predicted molar refractivity (Wildman–Crippen MR) is 73.8 cm³/mol. The summed E-state index contributed by atoms with van der Waals surface area (Å²) in [6.07, 6.45) is -0.643. The summed E-state index contributed by atoms with van der Waals surface area (Å²) in [7, 11) is 1.71. The Morgan fingerprint density at radius 3 is 2.39 bits per heavy atom. The molecule has 1 aromatic carbocycles. The molecular formula is C14H15NO2S. The minimum atomic E-state index is -0.643. The van der Waals surface area contributed by atoms with Crippen LogP contribution in [0.1, 0.15) is 28.4 Å². The van der Waals surface area contributed by atoms with E-state index in [1.165, 1.54) is 11.3 Å². The van der Waals surface area contributed by atoms with Crippen molar-refractivity contribution in [2.24, 2.45) is 0 Å². The molecule has 3 nitrogen and oxygen atoms in total. The monoisotopic (exact) mass is 261 g/mol. The molecule has 0 fully saturated rings. The minimum absolute atomic E-state index is 0.0912. The summed E-state index contributed by atoms with van der Waals surface area (Å²) in [4.78, 5) is 13.1. The van der Waals surface area contributed by atoms with Crippen LogP contribution in [0, 0.1) is 0 Å². The Labute approximate surface area is 110 Å². The average molecular weight is 261 g/mol. The number of thiophene rings is 1. The number of hydrogen-bond donors (Lipinski definition) is 2. The molecule has 0 radical (unpaired) electrons. The van der Waals surface area contributed by atoms with Crippen LogP contribution in [-0.2, 0) is 0 Å². The summed E-state index contributed by atoms with van der Waals surface area (Å²) in [5, 5.41) is 12.4. The second-order valence-electron chi connectivity index (χ2n) is 4.03. The van der Waals surface area contributed by atoms with E-state index in [4.69, 9.17) is 0 Å². The highest BCUT2D eigenvalue weighted by molar-refractivity contribution is 7.17. The molecule has 0 spiro atoms.